The molecule has 5 heteroatoms. The van der Waals surface area contributed by atoms with E-state index < -0.39 is 0 Å². The molecule has 0 saturated heterocycles. The van der Waals surface area contributed by atoms with Gasteiger partial charge in [0, 0.05) is 0 Å². The summed E-state index contributed by atoms with van der Waals surface area (Å²) in [7, 11) is 0. The fourth-order valence-electron chi connectivity index (χ4n) is 0.224. The molecule has 0 spiro atoms. The fraction of sp³-hybridized carbons (Fsp3) is 0. The van der Waals surface area contributed by atoms with Crippen LogP contribution in [0.5, 0.6) is 0 Å². The molecule has 0 atom stereocenters. The zero-order chi connectivity index (χ0) is 7.11. The third kappa shape index (κ3) is 8.06. The largest absolute Gasteiger partial charge is 1.00 e. The van der Waals surface area contributed by atoms with E-state index in [9.17, 15) is 0 Å². The molecule has 0 radical (unpaired) electrons. The van der Waals surface area contributed by atoms with E-state index in [4.69, 9.17) is 21.5 Å². The van der Waals surface area contributed by atoms with Gasteiger partial charge in [-0.3, -0.25) is 16.1 Å². The van der Waals surface area contributed by atoms with Gasteiger partial charge >= 0.3 is 18.9 Å². The number of thiophene rings is 1. The van der Waals surface area contributed by atoms with Gasteiger partial charge in [-0.2, -0.15) is 23.7 Å². The molecule has 0 fully saturated rings. The maximum Gasteiger partial charge on any atom is 1.00 e. The van der Waals surface area contributed by atoms with Gasteiger partial charge in [-0.05, 0) is 0 Å². The minimum atomic E-state index is -0.250. The maximum absolute atomic E-state index is 8.36. The van der Waals surface area contributed by atoms with Crippen molar-refractivity contribution in [2.45, 2.75) is 0 Å². The summed E-state index contributed by atoms with van der Waals surface area (Å²) < 4.78 is 0.801. The summed E-state index contributed by atoms with van der Waals surface area (Å²) in [5.41, 5.74) is 0. The Kier molecular flexibility index (Phi) is 11.5. The molecule has 0 saturated carbocycles. The predicted octanol–water partition coefficient (Wildman–Crippen LogP) is -1.09. The molecule has 0 aliphatic rings. The molecule has 2 nitrogen and oxygen atoms in total. The molecule has 1 N–H and O–H groups in total. The van der Waals surface area contributed by atoms with Crippen molar-refractivity contribution in [1.29, 1.82) is 0 Å². The van der Waals surface area contributed by atoms with Crippen LogP contribution < -0.4 is 18.9 Å². The summed E-state index contributed by atoms with van der Waals surface area (Å²) in [6.07, 6.45) is 0. The summed E-state index contributed by atoms with van der Waals surface area (Å²) in [5.74, 6) is 0. The third-order valence-corrected chi connectivity index (χ3v) is 1.38. The molecule has 1 aromatic heterocycles. The average Bonchev–Trinajstić information content (AvgIpc) is 2.20. The fourth-order valence-corrected chi connectivity index (χ4v) is 0.805. The second-order valence-electron chi connectivity index (χ2n) is 0.963. The molecule has 1 aromatic rings. The van der Waals surface area contributed by atoms with Crippen LogP contribution in [0.15, 0.2) is 12.1 Å². The quantitative estimate of drug-likeness (QED) is 0.305. The van der Waals surface area contributed by atoms with Gasteiger partial charge in [0.2, 0.25) is 0 Å². The summed E-state index contributed by atoms with van der Waals surface area (Å²) >= 11 is 6.86. The van der Waals surface area contributed by atoms with Gasteiger partial charge < -0.3 is 5.11 Å². The molecular weight excluding hydrogens is 167 g/mol. The molecule has 0 amide bonds. The van der Waals surface area contributed by atoms with Gasteiger partial charge in [0.15, 0.2) is 0 Å². The first-order valence-electron chi connectivity index (χ1n) is 2.00. The second kappa shape index (κ2) is 9.06. The van der Waals surface area contributed by atoms with Crippen LogP contribution in [-0.2, 0) is 4.79 Å². The van der Waals surface area contributed by atoms with Crippen LogP contribution >= 0.6 is 22.9 Å². The van der Waals surface area contributed by atoms with E-state index in [2.05, 4.69) is 5.38 Å². The number of carboxylic acid groups (broad SMARTS) is 1. The SMILES string of the molecule is Clc1cc[c-]s1.O=CO.[Li+]. The topological polar surface area (TPSA) is 37.3 Å². The molecular formula is C5H4ClLiO2S. The Balaban J connectivity index is 0. The molecule has 1 heterocycles. The monoisotopic (exact) mass is 170 g/mol. The molecule has 0 aromatic carbocycles. The first kappa shape index (κ1) is 12.7. The van der Waals surface area contributed by atoms with E-state index >= 15 is 0 Å². The van der Waals surface area contributed by atoms with Gasteiger partial charge in [0.25, 0.3) is 6.47 Å². The van der Waals surface area contributed by atoms with Crippen molar-refractivity contribution in [2.75, 3.05) is 0 Å². The molecule has 1 rings (SSSR count). The van der Waals surface area contributed by atoms with E-state index in [1.54, 1.807) is 6.07 Å². The average molecular weight is 171 g/mol. The van der Waals surface area contributed by atoms with Gasteiger partial charge in [-0.25, -0.2) is 0 Å². The van der Waals surface area contributed by atoms with Crippen molar-refractivity contribution in [3.8, 4) is 0 Å². The number of hydrogen-bond donors (Lipinski definition) is 1. The number of halogens is 1. The van der Waals surface area contributed by atoms with E-state index in [0.29, 0.717) is 0 Å². The van der Waals surface area contributed by atoms with E-state index in [1.165, 1.54) is 11.3 Å². The van der Waals surface area contributed by atoms with Crippen molar-refractivity contribution in [3.05, 3.63) is 21.8 Å². The molecule has 50 valence electrons. The molecule has 0 aliphatic heterocycles. The first-order valence-corrected chi connectivity index (χ1v) is 3.20. The number of rotatable bonds is 0. The van der Waals surface area contributed by atoms with Crippen molar-refractivity contribution in [1.82, 2.24) is 0 Å². The Morgan fingerprint density at radius 2 is 2.30 bits per heavy atom. The number of hydrogen-bond acceptors (Lipinski definition) is 2. The van der Waals surface area contributed by atoms with E-state index in [0.717, 1.165) is 4.34 Å². The van der Waals surface area contributed by atoms with Crippen LogP contribution in [0.4, 0.5) is 0 Å². The Morgan fingerprint density at radius 1 is 1.80 bits per heavy atom. The van der Waals surface area contributed by atoms with Crippen LogP contribution in [0.25, 0.3) is 0 Å². The predicted molar refractivity (Wildman–Crippen MR) is 36.9 cm³/mol. The molecule has 0 bridgehead atoms. The number of carbonyl (C=O) groups is 1. The van der Waals surface area contributed by atoms with Crippen molar-refractivity contribution in [3.63, 3.8) is 0 Å². The van der Waals surface area contributed by atoms with Gasteiger partial charge in [0.05, 0.1) is 0 Å². The van der Waals surface area contributed by atoms with Crippen molar-refractivity contribution in [2.24, 2.45) is 0 Å². The summed E-state index contributed by atoms with van der Waals surface area (Å²) in [4.78, 5) is 8.36. The zero-order valence-electron chi connectivity index (χ0n) is 5.37. The van der Waals surface area contributed by atoms with Crippen LogP contribution in [-0.4, -0.2) is 11.6 Å². The van der Waals surface area contributed by atoms with Gasteiger partial charge in [-0.1, -0.05) is 4.34 Å². The first-order chi connectivity index (χ1) is 4.31. The maximum atomic E-state index is 8.36. The summed E-state index contributed by atoms with van der Waals surface area (Å²) in [5, 5.41) is 9.73. The van der Waals surface area contributed by atoms with E-state index in [1.807, 2.05) is 6.07 Å². The summed E-state index contributed by atoms with van der Waals surface area (Å²) in [6.45, 7) is -0.250. The zero-order valence-corrected chi connectivity index (χ0v) is 6.95. The van der Waals surface area contributed by atoms with E-state index in [-0.39, 0.29) is 25.3 Å². The van der Waals surface area contributed by atoms with Crippen LogP contribution in [0, 0.1) is 5.38 Å². The molecule has 0 aliphatic carbocycles. The van der Waals surface area contributed by atoms with Crippen molar-refractivity contribution >= 4 is 29.4 Å². The van der Waals surface area contributed by atoms with Crippen LogP contribution in [0.3, 0.4) is 0 Å². The van der Waals surface area contributed by atoms with Crippen LogP contribution in [0.1, 0.15) is 0 Å². The van der Waals surface area contributed by atoms with Crippen LogP contribution in [0.2, 0.25) is 4.34 Å². The summed E-state index contributed by atoms with van der Waals surface area (Å²) in [6, 6.07) is 3.61. The molecule has 10 heavy (non-hydrogen) atoms. The Labute approximate surface area is 80.0 Å². The minimum absolute atomic E-state index is 0. The smallest absolute Gasteiger partial charge is 0.483 e. The van der Waals surface area contributed by atoms with Gasteiger partial charge in [0.1, 0.15) is 0 Å². The Morgan fingerprint density at radius 3 is 2.40 bits per heavy atom. The standard InChI is InChI=1S/C4H2ClS.CH2O2.Li/c5-4-2-1-3-6-4;2-1-3;/h1-2H;1H,(H,2,3);/q-1;;+1. The normalized spacial score (nSPS) is 6.50. The molecule has 0 unspecified atom stereocenters. The van der Waals surface area contributed by atoms with Crippen molar-refractivity contribution < 1.29 is 28.8 Å². The Bertz CT molecular complexity index is 155. The second-order valence-corrected chi connectivity index (χ2v) is 2.47. The van der Waals surface area contributed by atoms with Gasteiger partial charge in [-0.15, -0.1) is 5.38 Å². The third-order valence-electron chi connectivity index (χ3n) is 0.439. The minimum Gasteiger partial charge on any atom is -0.483 e. The Hall–Kier alpha value is 0.0574.